The minimum absolute atomic E-state index is 0.00301. The molecule has 1 aliphatic rings. The lowest BCUT2D eigenvalue weighted by Crippen LogP contribution is -2.43. The fraction of sp³-hybridized carbons (Fsp3) is 0.529. The van der Waals surface area contributed by atoms with E-state index in [4.69, 9.17) is 10.00 Å². The van der Waals surface area contributed by atoms with Gasteiger partial charge in [-0.25, -0.2) is 0 Å². The van der Waals surface area contributed by atoms with Crippen molar-refractivity contribution in [2.45, 2.75) is 45.1 Å². The number of likely N-dealkylation sites (N-methyl/N-ethyl adjacent to an activating group) is 1. The normalized spacial score (nSPS) is 15.2. The quantitative estimate of drug-likeness (QED) is 0.835. The molecule has 1 aliphatic carbocycles. The maximum absolute atomic E-state index is 12.4. The molecule has 21 heavy (non-hydrogen) atoms. The average molecular weight is 286 g/mol. The monoisotopic (exact) mass is 286 g/mol. The van der Waals surface area contributed by atoms with Gasteiger partial charge in [-0.2, -0.15) is 5.26 Å². The number of hydrogen-bond acceptors (Lipinski definition) is 3. The molecule has 0 radical (unpaired) electrons. The predicted octanol–water partition coefficient (Wildman–Crippen LogP) is 3.12. The van der Waals surface area contributed by atoms with E-state index in [1.165, 1.54) is 19.3 Å². The van der Waals surface area contributed by atoms with Crippen molar-refractivity contribution in [2.75, 3.05) is 13.2 Å². The molecule has 112 valence electrons. The summed E-state index contributed by atoms with van der Waals surface area (Å²) >= 11 is 0. The number of ether oxygens (including phenoxy) is 1. The van der Waals surface area contributed by atoms with Gasteiger partial charge < -0.3 is 9.64 Å². The molecule has 0 heterocycles. The third-order valence-corrected chi connectivity index (χ3v) is 4.04. The zero-order chi connectivity index (χ0) is 15.1. The summed E-state index contributed by atoms with van der Waals surface area (Å²) in [6, 6.07) is 9.44. The highest BCUT2D eigenvalue weighted by Gasteiger charge is 2.24. The van der Waals surface area contributed by atoms with Gasteiger partial charge in [0.1, 0.15) is 11.8 Å². The lowest BCUT2D eigenvalue weighted by atomic mass is 9.94. The van der Waals surface area contributed by atoms with Gasteiger partial charge in [-0.05, 0) is 31.9 Å². The second-order valence-electron chi connectivity index (χ2n) is 5.37. The summed E-state index contributed by atoms with van der Waals surface area (Å²) in [4.78, 5) is 14.3. The Morgan fingerprint density at radius 3 is 2.71 bits per heavy atom. The fourth-order valence-corrected chi connectivity index (χ4v) is 2.94. The Balaban J connectivity index is 1.95. The first-order chi connectivity index (χ1) is 10.3. The fourth-order valence-electron chi connectivity index (χ4n) is 2.94. The van der Waals surface area contributed by atoms with E-state index in [-0.39, 0.29) is 12.5 Å². The highest BCUT2D eigenvalue weighted by Crippen LogP contribution is 2.23. The smallest absolute Gasteiger partial charge is 0.260 e. The maximum atomic E-state index is 12.4. The van der Waals surface area contributed by atoms with Crippen LogP contribution in [0.1, 0.15) is 44.6 Å². The third-order valence-electron chi connectivity index (χ3n) is 4.04. The number of nitriles is 1. The van der Waals surface area contributed by atoms with Gasteiger partial charge in [0.25, 0.3) is 5.91 Å². The van der Waals surface area contributed by atoms with Gasteiger partial charge in [0, 0.05) is 12.6 Å². The van der Waals surface area contributed by atoms with Gasteiger partial charge in [-0.15, -0.1) is 0 Å². The summed E-state index contributed by atoms with van der Waals surface area (Å²) < 4.78 is 5.55. The Labute approximate surface area is 126 Å². The molecule has 2 rings (SSSR count). The van der Waals surface area contributed by atoms with E-state index in [9.17, 15) is 4.79 Å². The van der Waals surface area contributed by atoms with E-state index in [1.807, 2.05) is 11.8 Å². The predicted molar refractivity (Wildman–Crippen MR) is 80.9 cm³/mol. The molecule has 0 spiro atoms. The van der Waals surface area contributed by atoms with Crippen LogP contribution >= 0.6 is 0 Å². The molecule has 0 aromatic heterocycles. The number of para-hydroxylation sites is 1. The van der Waals surface area contributed by atoms with Crippen molar-refractivity contribution in [3.8, 4) is 11.8 Å². The zero-order valence-corrected chi connectivity index (χ0v) is 12.5. The topological polar surface area (TPSA) is 53.3 Å². The molecule has 1 aromatic carbocycles. The number of nitrogens with zero attached hydrogens (tertiary/aromatic N) is 2. The number of rotatable bonds is 5. The van der Waals surface area contributed by atoms with Crippen LogP contribution in [0.2, 0.25) is 0 Å². The molecule has 0 aliphatic heterocycles. The molecular weight excluding hydrogens is 264 g/mol. The molecule has 4 heteroatoms. The maximum Gasteiger partial charge on any atom is 0.260 e. The molecule has 1 aromatic rings. The van der Waals surface area contributed by atoms with Crippen LogP contribution in [0.4, 0.5) is 0 Å². The van der Waals surface area contributed by atoms with Crippen LogP contribution in [0.3, 0.4) is 0 Å². The number of benzene rings is 1. The molecule has 0 bridgehead atoms. The van der Waals surface area contributed by atoms with E-state index in [2.05, 4.69) is 6.07 Å². The molecule has 1 fully saturated rings. The summed E-state index contributed by atoms with van der Waals surface area (Å²) in [6.45, 7) is 2.73. The third kappa shape index (κ3) is 3.98. The Morgan fingerprint density at radius 2 is 2.05 bits per heavy atom. The SMILES string of the molecule is CCN(C(=O)COc1ccccc1C#N)C1CCCCC1. The minimum Gasteiger partial charge on any atom is -0.482 e. The molecule has 1 amide bonds. The van der Waals surface area contributed by atoms with Crippen molar-refractivity contribution < 1.29 is 9.53 Å². The average Bonchev–Trinajstić information content (AvgIpc) is 2.55. The van der Waals surface area contributed by atoms with Crippen LogP contribution in [-0.4, -0.2) is 30.0 Å². The van der Waals surface area contributed by atoms with Gasteiger partial charge in [0.15, 0.2) is 6.61 Å². The van der Waals surface area contributed by atoms with Gasteiger partial charge in [-0.3, -0.25) is 4.79 Å². The van der Waals surface area contributed by atoms with Crippen molar-refractivity contribution in [1.82, 2.24) is 4.90 Å². The first kappa shape index (κ1) is 15.4. The lowest BCUT2D eigenvalue weighted by molar-refractivity contribution is -0.136. The van der Waals surface area contributed by atoms with Crippen LogP contribution in [0.5, 0.6) is 5.75 Å². The second-order valence-corrected chi connectivity index (χ2v) is 5.37. The Kier molecular flexibility index (Phi) is 5.62. The highest BCUT2D eigenvalue weighted by atomic mass is 16.5. The molecule has 4 nitrogen and oxygen atoms in total. The highest BCUT2D eigenvalue weighted by molar-refractivity contribution is 5.78. The van der Waals surface area contributed by atoms with Crippen LogP contribution in [-0.2, 0) is 4.79 Å². The van der Waals surface area contributed by atoms with Gasteiger partial charge in [0.05, 0.1) is 5.56 Å². The first-order valence-electron chi connectivity index (χ1n) is 7.67. The van der Waals surface area contributed by atoms with Crippen molar-refractivity contribution in [1.29, 1.82) is 5.26 Å². The van der Waals surface area contributed by atoms with Gasteiger partial charge in [-0.1, -0.05) is 31.4 Å². The Hall–Kier alpha value is -2.02. The van der Waals surface area contributed by atoms with Crippen molar-refractivity contribution in [3.63, 3.8) is 0 Å². The summed E-state index contributed by atoms with van der Waals surface area (Å²) in [6.07, 6.45) is 5.86. The van der Waals surface area contributed by atoms with Crippen LogP contribution in [0.25, 0.3) is 0 Å². The number of carbonyl (C=O) groups is 1. The Bertz CT molecular complexity index is 516. The minimum atomic E-state index is 0.00301. The summed E-state index contributed by atoms with van der Waals surface area (Å²) in [5, 5.41) is 9.02. The van der Waals surface area contributed by atoms with Crippen LogP contribution in [0, 0.1) is 11.3 Å². The van der Waals surface area contributed by atoms with Crippen molar-refractivity contribution >= 4 is 5.91 Å². The zero-order valence-electron chi connectivity index (χ0n) is 12.5. The van der Waals surface area contributed by atoms with Gasteiger partial charge in [0.2, 0.25) is 0 Å². The van der Waals surface area contributed by atoms with E-state index < -0.39 is 0 Å². The molecule has 1 saturated carbocycles. The van der Waals surface area contributed by atoms with Crippen molar-refractivity contribution in [2.24, 2.45) is 0 Å². The largest absolute Gasteiger partial charge is 0.482 e. The first-order valence-corrected chi connectivity index (χ1v) is 7.67. The number of hydrogen-bond donors (Lipinski definition) is 0. The summed E-state index contributed by atoms with van der Waals surface area (Å²) in [7, 11) is 0. The summed E-state index contributed by atoms with van der Waals surface area (Å²) in [5.74, 6) is 0.491. The molecule has 0 N–H and O–H groups in total. The second kappa shape index (κ2) is 7.68. The molecule has 0 saturated heterocycles. The molecule has 0 atom stereocenters. The number of carbonyl (C=O) groups excluding carboxylic acids is 1. The molecule has 0 unspecified atom stereocenters. The lowest BCUT2D eigenvalue weighted by Gasteiger charge is -2.33. The van der Waals surface area contributed by atoms with E-state index in [0.29, 0.717) is 23.9 Å². The van der Waals surface area contributed by atoms with E-state index in [1.54, 1.807) is 24.3 Å². The standard InChI is InChI=1S/C17H22N2O2/c1-2-19(15-9-4-3-5-10-15)17(20)13-21-16-11-7-6-8-14(16)12-18/h6-8,11,15H,2-5,9-10,13H2,1H3. The van der Waals surface area contributed by atoms with E-state index in [0.717, 1.165) is 12.8 Å². The van der Waals surface area contributed by atoms with E-state index >= 15 is 0 Å². The van der Waals surface area contributed by atoms with Gasteiger partial charge >= 0.3 is 0 Å². The molecular formula is C17H22N2O2. The van der Waals surface area contributed by atoms with Crippen molar-refractivity contribution in [3.05, 3.63) is 29.8 Å². The summed E-state index contributed by atoms with van der Waals surface area (Å²) in [5.41, 5.74) is 0.464. The van der Waals surface area contributed by atoms with Crippen LogP contribution in [0.15, 0.2) is 24.3 Å². The Morgan fingerprint density at radius 1 is 1.33 bits per heavy atom. The number of amides is 1. The van der Waals surface area contributed by atoms with Crippen LogP contribution < -0.4 is 4.74 Å².